The van der Waals surface area contributed by atoms with E-state index in [9.17, 15) is 0 Å². The fourth-order valence-electron chi connectivity index (χ4n) is 3.39. The van der Waals surface area contributed by atoms with E-state index in [1.807, 2.05) is 0 Å². The number of hydrogen-bond donors (Lipinski definition) is 2. The van der Waals surface area contributed by atoms with Gasteiger partial charge < -0.3 is 11.5 Å². The van der Waals surface area contributed by atoms with E-state index in [0.29, 0.717) is 24.1 Å². The largest absolute Gasteiger partial charge is 0.402 e. The van der Waals surface area contributed by atoms with Crippen LogP contribution in [-0.2, 0) is 12.8 Å². The Morgan fingerprint density at radius 2 is 1.15 bits per heavy atom. The van der Waals surface area contributed by atoms with E-state index in [1.54, 1.807) is 0 Å². The molecule has 2 aromatic carbocycles. The van der Waals surface area contributed by atoms with Crippen LogP contribution in [0.5, 0.6) is 0 Å². The molecule has 2 nitrogen and oxygen atoms in total. The van der Waals surface area contributed by atoms with Gasteiger partial charge in [0.15, 0.2) is 0 Å². The molecule has 0 heterocycles. The predicted octanol–water partition coefficient (Wildman–Crippen LogP) is 5.14. The normalized spacial score (nSPS) is 12.0. The third-order valence-electron chi connectivity index (χ3n) is 5.45. The second-order valence-corrected chi connectivity index (χ2v) is 8.16. The van der Waals surface area contributed by atoms with Crippen molar-refractivity contribution in [3.8, 4) is 0 Å². The van der Waals surface area contributed by atoms with Crippen LogP contribution >= 0.6 is 0 Å². The van der Waals surface area contributed by atoms with Gasteiger partial charge in [0, 0.05) is 17.7 Å². The highest BCUT2D eigenvalue weighted by atomic mass is 14.7. The number of nitrogens with two attached hydrogens (primary N) is 2. The molecule has 0 aromatic heterocycles. The lowest BCUT2D eigenvalue weighted by Crippen LogP contribution is -2.39. The lowest BCUT2D eigenvalue weighted by molar-refractivity contribution is 0.357. The summed E-state index contributed by atoms with van der Waals surface area (Å²) in [4.78, 5) is 0. The summed E-state index contributed by atoms with van der Waals surface area (Å²) in [7, 11) is 0. The van der Waals surface area contributed by atoms with E-state index in [1.165, 1.54) is 22.3 Å². The van der Waals surface area contributed by atoms with Crippen LogP contribution in [0.3, 0.4) is 0 Å². The molecule has 0 aliphatic heterocycles. The topological polar surface area (TPSA) is 52.0 Å². The van der Waals surface area contributed by atoms with E-state index < -0.39 is 0 Å². The van der Waals surface area contributed by atoms with Gasteiger partial charge in [-0.3, -0.25) is 0 Å². The molecule has 0 aliphatic carbocycles. The van der Waals surface area contributed by atoms with E-state index >= 15 is 0 Å². The van der Waals surface area contributed by atoms with Crippen LogP contribution in [0, 0.1) is 5.41 Å². The molecule has 0 spiro atoms. The standard InChI is InChI=1S/C24H34N2/c1-17(2)22-10-6-20(7-11-22)14-24(16-25,19(5)26)15-21-8-12-23(13-9-21)18(3)4/h6-13,17-18H,5,14-16,25-26H2,1-4H3. The molecule has 0 fully saturated rings. The van der Waals surface area contributed by atoms with E-state index in [4.69, 9.17) is 11.5 Å². The molecule has 2 heteroatoms. The molecule has 0 radical (unpaired) electrons. The van der Waals surface area contributed by atoms with Crippen LogP contribution in [0.15, 0.2) is 60.8 Å². The number of hydrogen-bond acceptors (Lipinski definition) is 2. The van der Waals surface area contributed by atoms with Crippen molar-refractivity contribution in [3.05, 3.63) is 83.1 Å². The zero-order valence-electron chi connectivity index (χ0n) is 16.8. The third-order valence-corrected chi connectivity index (χ3v) is 5.45. The van der Waals surface area contributed by atoms with Crippen LogP contribution < -0.4 is 11.5 Å². The van der Waals surface area contributed by atoms with Gasteiger partial charge in [-0.1, -0.05) is 82.8 Å². The van der Waals surface area contributed by atoms with Crippen molar-refractivity contribution in [2.24, 2.45) is 16.9 Å². The molecule has 140 valence electrons. The highest BCUT2D eigenvalue weighted by Crippen LogP contribution is 2.32. The van der Waals surface area contributed by atoms with Crippen molar-refractivity contribution in [1.29, 1.82) is 0 Å². The molecule has 26 heavy (non-hydrogen) atoms. The Kier molecular flexibility index (Phi) is 6.66. The molecule has 0 atom stereocenters. The Balaban J connectivity index is 2.25. The highest BCUT2D eigenvalue weighted by Gasteiger charge is 2.31. The Hall–Kier alpha value is -2.06. The maximum absolute atomic E-state index is 6.26. The Bertz CT molecular complexity index is 655. The summed E-state index contributed by atoms with van der Waals surface area (Å²) in [6.45, 7) is 13.4. The SMILES string of the molecule is C=C(N)C(CN)(Cc1ccc(C(C)C)cc1)Cc1ccc(C(C)C)cc1. The van der Waals surface area contributed by atoms with Gasteiger partial charge in [0.1, 0.15) is 0 Å². The first kappa shape index (κ1) is 20.3. The van der Waals surface area contributed by atoms with Gasteiger partial charge in [-0.15, -0.1) is 0 Å². The van der Waals surface area contributed by atoms with Crippen molar-refractivity contribution in [3.63, 3.8) is 0 Å². The van der Waals surface area contributed by atoms with E-state index in [-0.39, 0.29) is 5.41 Å². The first-order valence-corrected chi connectivity index (χ1v) is 9.60. The van der Waals surface area contributed by atoms with Crippen molar-refractivity contribution >= 4 is 0 Å². The molecule has 2 aromatic rings. The predicted molar refractivity (Wildman–Crippen MR) is 113 cm³/mol. The lowest BCUT2D eigenvalue weighted by atomic mass is 9.74. The Labute approximate surface area is 159 Å². The maximum Gasteiger partial charge on any atom is 0.0295 e. The Morgan fingerprint density at radius 3 is 1.38 bits per heavy atom. The summed E-state index contributed by atoms with van der Waals surface area (Å²) in [6.07, 6.45) is 1.62. The van der Waals surface area contributed by atoms with Gasteiger partial charge in [0.25, 0.3) is 0 Å². The van der Waals surface area contributed by atoms with Gasteiger partial charge in [-0.2, -0.15) is 0 Å². The summed E-state index contributed by atoms with van der Waals surface area (Å²) in [6, 6.07) is 17.6. The molecular weight excluding hydrogens is 316 g/mol. The van der Waals surface area contributed by atoms with Crippen LogP contribution in [0.4, 0.5) is 0 Å². The molecule has 0 saturated carbocycles. The zero-order chi connectivity index (χ0) is 19.3. The highest BCUT2D eigenvalue weighted by molar-refractivity contribution is 5.31. The molecule has 2 rings (SSSR count). The molecule has 0 bridgehead atoms. The van der Waals surface area contributed by atoms with Gasteiger partial charge >= 0.3 is 0 Å². The van der Waals surface area contributed by atoms with Gasteiger partial charge in [0.05, 0.1) is 0 Å². The summed E-state index contributed by atoms with van der Waals surface area (Å²) in [5, 5.41) is 0. The third kappa shape index (κ3) is 4.76. The Morgan fingerprint density at radius 1 is 0.808 bits per heavy atom. The molecule has 0 aliphatic rings. The molecular formula is C24H34N2. The monoisotopic (exact) mass is 350 g/mol. The minimum Gasteiger partial charge on any atom is -0.402 e. The van der Waals surface area contributed by atoms with Gasteiger partial charge in [-0.05, 0) is 46.9 Å². The first-order valence-electron chi connectivity index (χ1n) is 9.60. The lowest BCUT2D eigenvalue weighted by Gasteiger charge is -2.33. The minimum atomic E-state index is -0.321. The second kappa shape index (κ2) is 8.55. The van der Waals surface area contributed by atoms with Crippen LogP contribution in [-0.4, -0.2) is 6.54 Å². The molecule has 4 N–H and O–H groups in total. The van der Waals surface area contributed by atoms with Gasteiger partial charge in [-0.25, -0.2) is 0 Å². The van der Waals surface area contributed by atoms with Crippen LogP contribution in [0.25, 0.3) is 0 Å². The molecule has 0 unspecified atom stereocenters. The summed E-state index contributed by atoms with van der Waals surface area (Å²) >= 11 is 0. The van der Waals surface area contributed by atoms with E-state index in [2.05, 4.69) is 82.8 Å². The fourth-order valence-corrected chi connectivity index (χ4v) is 3.39. The maximum atomic E-state index is 6.26. The fraction of sp³-hybridized carbons (Fsp3) is 0.417. The van der Waals surface area contributed by atoms with Crippen molar-refractivity contribution < 1.29 is 0 Å². The molecule has 0 amide bonds. The quantitative estimate of drug-likeness (QED) is 0.693. The van der Waals surface area contributed by atoms with Crippen molar-refractivity contribution in [2.75, 3.05) is 6.54 Å². The number of benzene rings is 2. The van der Waals surface area contributed by atoms with Crippen molar-refractivity contribution in [2.45, 2.75) is 52.4 Å². The van der Waals surface area contributed by atoms with Crippen LogP contribution in [0.2, 0.25) is 0 Å². The summed E-state index contributed by atoms with van der Waals surface area (Å²) < 4.78 is 0. The average Bonchev–Trinajstić information content (AvgIpc) is 2.61. The number of rotatable bonds is 8. The zero-order valence-corrected chi connectivity index (χ0v) is 16.8. The minimum absolute atomic E-state index is 0.321. The average molecular weight is 351 g/mol. The van der Waals surface area contributed by atoms with Crippen LogP contribution in [0.1, 0.15) is 61.8 Å². The molecule has 0 saturated heterocycles. The van der Waals surface area contributed by atoms with E-state index in [0.717, 1.165) is 12.8 Å². The first-order chi connectivity index (χ1) is 12.3. The second-order valence-electron chi connectivity index (χ2n) is 8.16. The smallest absolute Gasteiger partial charge is 0.0295 e. The summed E-state index contributed by atoms with van der Waals surface area (Å²) in [5.41, 5.74) is 18.0. The van der Waals surface area contributed by atoms with Gasteiger partial charge in [0.2, 0.25) is 0 Å². The summed E-state index contributed by atoms with van der Waals surface area (Å²) in [5.74, 6) is 1.07. The van der Waals surface area contributed by atoms with Crippen molar-refractivity contribution in [1.82, 2.24) is 0 Å².